The number of halogens is 1. The van der Waals surface area contributed by atoms with Crippen molar-refractivity contribution in [2.24, 2.45) is 0 Å². The Bertz CT molecular complexity index is 408. The smallest absolute Gasteiger partial charge is 0.239 e. The highest BCUT2D eigenvalue weighted by Gasteiger charge is 2.06. The van der Waals surface area contributed by atoms with Crippen molar-refractivity contribution in [1.82, 2.24) is 5.32 Å². The van der Waals surface area contributed by atoms with Crippen molar-refractivity contribution in [3.8, 4) is 5.75 Å². The standard InChI is InChI=1S/C13H19FN2O2/c1-4-18-12-6-5-10(7-11(12)14)15-8-13(17)16-9(2)3/h5-7,9,15H,4,8H2,1-3H3,(H,16,17). The number of carbonyl (C=O) groups is 1. The van der Waals surface area contributed by atoms with Crippen molar-refractivity contribution < 1.29 is 13.9 Å². The van der Waals surface area contributed by atoms with Crippen LogP contribution in [-0.4, -0.2) is 25.1 Å². The van der Waals surface area contributed by atoms with Crippen LogP contribution in [0.25, 0.3) is 0 Å². The number of nitrogens with one attached hydrogen (secondary N) is 2. The summed E-state index contributed by atoms with van der Waals surface area (Å²) >= 11 is 0. The van der Waals surface area contributed by atoms with E-state index in [4.69, 9.17) is 4.74 Å². The second-order valence-corrected chi connectivity index (χ2v) is 4.15. The van der Waals surface area contributed by atoms with E-state index in [1.54, 1.807) is 19.1 Å². The zero-order valence-electron chi connectivity index (χ0n) is 10.9. The van der Waals surface area contributed by atoms with Crippen LogP contribution < -0.4 is 15.4 Å². The summed E-state index contributed by atoms with van der Waals surface area (Å²) < 4.78 is 18.6. The van der Waals surface area contributed by atoms with Crippen molar-refractivity contribution in [3.63, 3.8) is 0 Å². The van der Waals surface area contributed by atoms with E-state index in [1.165, 1.54) is 6.07 Å². The van der Waals surface area contributed by atoms with Crippen molar-refractivity contribution >= 4 is 11.6 Å². The molecule has 0 spiro atoms. The molecule has 0 saturated carbocycles. The first-order valence-corrected chi connectivity index (χ1v) is 5.98. The third-order valence-corrected chi connectivity index (χ3v) is 2.13. The van der Waals surface area contributed by atoms with Gasteiger partial charge in [-0.25, -0.2) is 4.39 Å². The zero-order chi connectivity index (χ0) is 13.5. The highest BCUT2D eigenvalue weighted by Crippen LogP contribution is 2.20. The molecule has 0 bridgehead atoms. The van der Waals surface area contributed by atoms with Crippen molar-refractivity contribution in [1.29, 1.82) is 0 Å². The van der Waals surface area contributed by atoms with E-state index < -0.39 is 5.82 Å². The van der Waals surface area contributed by atoms with Gasteiger partial charge in [-0.3, -0.25) is 4.79 Å². The summed E-state index contributed by atoms with van der Waals surface area (Å²) in [6.45, 7) is 6.09. The SMILES string of the molecule is CCOc1ccc(NCC(=O)NC(C)C)cc1F. The maximum atomic E-state index is 13.5. The molecule has 18 heavy (non-hydrogen) atoms. The van der Waals surface area contributed by atoms with E-state index in [0.717, 1.165) is 0 Å². The van der Waals surface area contributed by atoms with Gasteiger partial charge in [-0.2, -0.15) is 0 Å². The van der Waals surface area contributed by atoms with Crippen LogP contribution >= 0.6 is 0 Å². The van der Waals surface area contributed by atoms with Crippen LogP contribution in [-0.2, 0) is 4.79 Å². The lowest BCUT2D eigenvalue weighted by Crippen LogP contribution is -2.34. The van der Waals surface area contributed by atoms with Crippen LogP contribution in [0.2, 0.25) is 0 Å². The van der Waals surface area contributed by atoms with Gasteiger partial charge in [0.15, 0.2) is 11.6 Å². The van der Waals surface area contributed by atoms with Crippen molar-refractivity contribution in [2.75, 3.05) is 18.5 Å². The highest BCUT2D eigenvalue weighted by atomic mass is 19.1. The van der Waals surface area contributed by atoms with Crippen LogP contribution in [0.5, 0.6) is 5.75 Å². The number of anilines is 1. The molecule has 0 radical (unpaired) electrons. The van der Waals surface area contributed by atoms with Gasteiger partial charge in [0, 0.05) is 17.8 Å². The molecule has 100 valence electrons. The van der Waals surface area contributed by atoms with Crippen molar-refractivity contribution in [3.05, 3.63) is 24.0 Å². The summed E-state index contributed by atoms with van der Waals surface area (Å²) in [5, 5.41) is 5.59. The van der Waals surface area contributed by atoms with E-state index in [-0.39, 0.29) is 24.2 Å². The summed E-state index contributed by atoms with van der Waals surface area (Å²) in [6, 6.07) is 4.63. The second kappa shape index (κ2) is 6.83. The van der Waals surface area contributed by atoms with Gasteiger partial charge in [-0.05, 0) is 32.9 Å². The fraction of sp³-hybridized carbons (Fsp3) is 0.462. The van der Waals surface area contributed by atoms with E-state index >= 15 is 0 Å². The lowest BCUT2D eigenvalue weighted by molar-refractivity contribution is -0.119. The lowest BCUT2D eigenvalue weighted by atomic mass is 10.3. The monoisotopic (exact) mass is 254 g/mol. The molecular formula is C13H19FN2O2. The molecule has 0 aliphatic rings. The average Bonchev–Trinajstić information content (AvgIpc) is 2.29. The third-order valence-electron chi connectivity index (χ3n) is 2.13. The fourth-order valence-electron chi connectivity index (χ4n) is 1.44. The fourth-order valence-corrected chi connectivity index (χ4v) is 1.44. The Labute approximate surface area is 107 Å². The van der Waals surface area contributed by atoms with Crippen LogP contribution in [0.3, 0.4) is 0 Å². The molecule has 0 aromatic heterocycles. The molecule has 0 aliphatic carbocycles. The molecule has 0 atom stereocenters. The number of hydrogen-bond donors (Lipinski definition) is 2. The minimum Gasteiger partial charge on any atom is -0.491 e. The molecule has 0 aliphatic heterocycles. The summed E-state index contributed by atoms with van der Waals surface area (Å²) in [5.41, 5.74) is 0.551. The van der Waals surface area contributed by atoms with Gasteiger partial charge >= 0.3 is 0 Å². The maximum absolute atomic E-state index is 13.5. The Hall–Kier alpha value is -1.78. The Morgan fingerprint density at radius 3 is 2.72 bits per heavy atom. The largest absolute Gasteiger partial charge is 0.491 e. The quantitative estimate of drug-likeness (QED) is 0.818. The first-order valence-electron chi connectivity index (χ1n) is 5.98. The Morgan fingerprint density at radius 1 is 1.44 bits per heavy atom. The molecule has 2 N–H and O–H groups in total. The van der Waals surface area contributed by atoms with Crippen LogP contribution in [0.1, 0.15) is 20.8 Å². The molecule has 0 heterocycles. The summed E-state index contributed by atoms with van der Waals surface area (Å²) in [4.78, 5) is 11.4. The van der Waals surface area contributed by atoms with Gasteiger partial charge in [0.1, 0.15) is 0 Å². The number of hydrogen-bond acceptors (Lipinski definition) is 3. The van der Waals surface area contributed by atoms with Crippen molar-refractivity contribution in [2.45, 2.75) is 26.8 Å². The number of rotatable bonds is 6. The van der Waals surface area contributed by atoms with E-state index in [9.17, 15) is 9.18 Å². The summed E-state index contributed by atoms with van der Waals surface area (Å²) in [6.07, 6.45) is 0. The predicted octanol–water partition coefficient (Wildman–Crippen LogP) is 2.16. The molecule has 0 saturated heterocycles. The second-order valence-electron chi connectivity index (χ2n) is 4.15. The predicted molar refractivity (Wildman–Crippen MR) is 69.3 cm³/mol. The Balaban J connectivity index is 2.53. The number of benzene rings is 1. The zero-order valence-corrected chi connectivity index (χ0v) is 10.9. The van der Waals surface area contributed by atoms with Gasteiger partial charge in [0.2, 0.25) is 5.91 Å². The minimum atomic E-state index is -0.439. The number of carbonyl (C=O) groups excluding carboxylic acids is 1. The van der Waals surface area contributed by atoms with E-state index in [2.05, 4.69) is 10.6 Å². The normalized spacial score (nSPS) is 10.3. The van der Waals surface area contributed by atoms with Crippen LogP contribution in [0, 0.1) is 5.82 Å². The molecule has 1 rings (SSSR count). The molecule has 0 fully saturated rings. The lowest BCUT2D eigenvalue weighted by Gasteiger charge is -2.11. The first-order chi connectivity index (χ1) is 8.52. The summed E-state index contributed by atoms with van der Waals surface area (Å²) in [5.74, 6) is -0.347. The molecular weight excluding hydrogens is 235 g/mol. The summed E-state index contributed by atoms with van der Waals surface area (Å²) in [7, 11) is 0. The topological polar surface area (TPSA) is 50.4 Å². The van der Waals surface area contributed by atoms with Gasteiger partial charge in [0.05, 0.1) is 13.2 Å². The average molecular weight is 254 g/mol. The first kappa shape index (κ1) is 14.3. The molecule has 1 aromatic rings. The Morgan fingerprint density at radius 2 is 2.17 bits per heavy atom. The van der Waals surface area contributed by atoms with E-state index in [0.29, 0.717) is 12.3 Å². The van der Waals surface area contributed by atoms with Gasteiger partial charge in [0.25, 0.3) is 0 Å². The van der Waals surface area contributed by atoms with Crippen LogP contribution in [0.4, 0.5) is 10.1 Å². The minimum absolute atomic E-state index is 0.0939. The van der Waals surface area contributed by atoms with Gasteiger partial charge < -0.3 is 15.4 Å². The number of amides is 1. The molecule has 0 unspecified atom stereocenters. The Kier molecular flexibility index (Phi) is 5.42. The highest BCUT2D eigenvalue weighted by molar-refractivity contribution is 5.80. The van der Waals surface area contributed by atoms with Gasteiger partial charge in [-0.15, -0.1) is 0 Å². The molecule has 1 aromatic carbocycles. The molecule has 5 heteroatoms. The molecule has 1 amide bonds. The third kappa shape index (κ3) is 4.61. The van der Waals surface area contributed by atoms with E-state index in [1.807, 2.05) is 13.8 Å². The van der Waals surface area contributed by atoms with Gasteiger partial charge in [-0.1, -0.05) is 0 Å². The maximum Gasteiger partial charge on any atom is 0.239 e. The van der Waals surface area contributed by atoms with Crippen LogP contribution in [0.15, 0.2) is 18.2 Å². The number of ether oxygens (including phenoxy) is 1. The molecule has 4 nitrogen and oxygen atoms in total.